The fourth-order valence-corrected chi connectivity index (χ4v) is 2.86. The van der Waals surface area contributed by atoms with Gasteiger partial charge < -0.3 is 20.5 Å². The maximum Gasteiger partial charge on any atom is 0.193 e. The summed E-state index contributed by atoms with van der Waals surface area (Å²) in [6, 6.07) is 25.0. The molecule has 3 aromatic rings. The number of para-hydroxylation sites is 2. The van der Waals surface area contributed by atoms with E-state index in [1.807, 2.05) is 78.9 Å². The van der Waals surface area contributed by atoms with Gasteiger partial charge in [-0.25, -0.2) is 4.99 Å². The summed E-state index contributed by atoms with van der Waals surface area (Å²) in [6.07, 6.45) is 0. The molecule has 0 spiro atoms. The summed E-state index contributed by atoms with van der Waals surface area (Å²) in [5, 5.41) is 3.12. The Morgan fingerprint density at radius 3 is 2.62 bits per heavy atom. The molecule has 1 aliphatic rings. The number of anilines is 1. The van der Waals surface area contributed by atoms with Crippen LogP contribution in [0, 0.1) is 0 Å². The zero-order chi connectivity index (χ0) is 17.8. The van der Waals surface area contributed by atoms with Crippen LogP contribution in [0.2, 0.25) is 0 Å². The van der Waals surface area contributed by atoms with Crippen molar-refractivity contribution < 1.29 is 9.47 Å². The molecule has 1 atom stereocenters. The van der Waals surface area contributed by atoms with Gasteiger partial charge in [0, 0.05) is 17.3 Å². The molecule has 0 saturated heterocycles. The number of nitrogens with zero attached hydrogens (tertiary/aromatic N) is 1. The minimum Gasteiger partial charge on any atom is -0.491 e. The van der Waals surface area contributed by atoms with E-state index in [1.165, 1.54) is 0 Å². The van der Waals surface area contributed by atoms with Gasteiger partial charge in [-0.15, -0.1) is 0 Å². The molecule has 0 bridgehead atoms. The summed E-state index contributed by atoms with van der Waals surface area (Å²) in [7, 11) is 0. The third kappa shape index (κ3) is 3.62. The van der Waals surface area contributed by atoms with Crippen molar-refractivity contribution >= 4 is 11.6 Å². The van der Waals surface area contributed by atoms with Gasteiger partial charge in [0.25, 0.3) is 0 Å². The number of nitrogens with one attached hydrogen (secondary N) is 1. The van der Waals surface area contributed by atoms with E-state index in [2.05, 4.69) is 10.3 Å². The average Bonchev–Trinajstić information content (AvgIpc) is 3.06. The molecule has 26 heavy (non-hydrogen) atoms. The summed E-state index contributed by atoms with van der Waals surface area (Å²) in [5.74, 6) is 2.72. The van der Waals surface area contributed by atoms with E-state index in [-0.39, 0.29) is 6.04 Å². The highest BCUT2D eigenvalue weighted by molar-refractivity contribution is 5.92. The van der Waals surface area contributed by atoms with Crippen LogP contribution in [0.3, 0.4) is 0 Å². The van der Waals surface area contributed by atoms with Crippen LogP contribution in [-0.2, 0) is 0 Å². The van der Waals surface area contributed by atoms with Crippen LogP contribution in [0.15, 0.2) is 83.9 Å². The van der Waals surface area contributed by atoms with Crippen LogP contribution < -0.4 is 20.5 Å². The van der Waals surface area contributed by atoms with Crippen LogP contribution in [0.25, 0.3) is 0 Å². The van der Waals surface area contributed by atoms with E-state index in [1.54, 1.807) is 0 Å². The monoisotopic (exact) mass is 345 g/mol. The molecule has 0 aromatic heterocycles. The van der Waals surface area contributed by atoms with E-state index in [4.69, 9.17) is 15.2 Å². The van der Waals surface area contributed by atoms with Gasteiger partial charge in [0.1, 0.15) is 29.9 Å². The highest BCUT2D eigenvalue weighted by Gasteiger charge is 2.23. The molecule has 1 aliphatic heterocycles. The number of rotatable bonds is 4. The summed E-state index contributed by atoms with van der Waals surface area (Å²) in [5.41, 5.74) is 7.95. The summed E-state index contributed by atoms with van der Waals surface area (Å²) in [6.45, 7) is 0.499. The summed E-state index contributed by atoms with van der Waals surface area (Å²) < 4.78 is 11.5. The van der Waals surface area contributed by atoms with Crippen molar-refractivity contribution in [1.29, 1.82) is 0 Å². The Morgan fingerprint density at radius 1 is 0.962 bits per heavy atom. The first-order valence-corrected chi connectivity index (χ1v) is 8.43. The van der Waals surface area contributed by atoms with Crippen LogP contribution in [0.1, 0.15) is 11.6 Å². The normalized spacial score (nSPS) is 15.8. The zero-order valence-corrected chi connectivity index (χ0v) is 14.1. The summed E-state index contributed by atoms with van der Waals surface area (Å²) >= 11 is 0. The molecule has 4 rings (SSSR count). The van der Waals surface area contributed by atoms with Crippen molar-refractivity contribution in [3.63, 3.8) is 0 Å². The van der Waals surface area contributed by atoms with Gasteiger partial charge in [-0.3, -0.25) is 0 Å². The van der Waals surface area contributed by atoms with Gasteiger partial charge in [0.15, 0.2) is 5.96 Å². The second-order valence-electron chi connectivity index (χ2n) is 5.95. The first-order valence-electron chi connectivity index (χ1n) is 8.43. The molecule has 3 aromatic carbocycles. The number of ether oxygens (including phenoxy) is 2. The first-order chi connectivity index (χ1) is 12.8. The summed E-state index contributed by atoms with van der Waals surface area (Å²) in [4.78, 5) is 4.54. The third-order valence-corrected chi connectivity index (χ3v) is 4.05. The van der Waals surface area contributed by atoms with Crippen molar-refractivity contribution in [3.05, 3.63) is 84.4 Å². The van der Waals surface area contributed by atoms with Gasteiger partial charge in [0.05, 0.1) is 0 Å². The lowest BCUT2D eigenvalue weighted by Crippen LogP contribution is -2.23. The van der Waals surface area contributed by atoms with E-state index in [0.29, 0.717) is 12.6 Å². The number of benzene rings is 3. The van der Waals surface area contributed by atoms with E-state index in [0.717, 1.165) is 28.5 Å². The Hall–Kier alpha value is -3.47. The molecule has 0 radical (unpaired) electrons. The highest BCUT2D eigenvalue weighted by Crippen LogP contribution is 2.34. The SMILES string of the molecule is NC(=NC1COc2ccccc21)Nc1cccc(Oc2ccccc2)c1. The van der Waals surface area contributed by atoms with Crippen molar-refractivity contribution in [1.82, 2.24) is 0 Å². The molecular weight excluding hydrogens is 326 g/mol. The fraction of sp³-hybridized carbons (Fsp3) is 0.0952. The standard InChI is InChI=1S/C21H19N3O2/c22-21(24-19-14-25-20-12-5-4-11-18(19)20)23-15-7-6-10-17(13-15)26-16-8-2-1-3-9-16/h1-13,19H,14H2,(H3,22,23,24). The van der Waals surface area contributed by atoms with E-state index < -0.39 is 0 Å². The van der Waals surface area contributed by atoms with Gasteiger partial charge in [0.2, 0.25) is 0 Å². The smallest absolute Gasteiger partial charge is 0.193 e. The number of guanidine groups is 1. The Morgan fingerprint density at radius 2 is 1.73 bits per heavy atom. The molecule has 0 saturated carbocycles. The number of hydrogen-bond acceptors (Lipinski definition) is 3. The lowest BCUT2D eigenvalue weighted by atomic mass is 10.1. The fourth-order valence-electron chi connectivity index (χ4n) is 2.86. The minimum absolute atomic E-state index is 0.0950. The predicted molar refractivity (Wildman–Crippen MR) is 103 cm³/mol. The molecule has 5 heteroatoms. The van der Waals surface area contributed by atoms with Gasteiger partial charge in [-0.05, 0) is 30.3 Å². The van der Waals surface area contributed by atoms with Gasteiger partial charge >= 0.3 is 0 Å². The predicted octanol–water partition coefficient (Wildman–Crippen LogP) is 4.34. The Bertz CT molecular complexity index is 925. The molecule has 130 valence electrons. The van der Waals surface area contributed by atoms with Crippen molar-refractivity contribution in [2.45, 2.75) is 6.04 Å². The van der Waals surface area contributed by atoms with Gasteiger partial charge in [-0.2, -0.15) is 0 Å². The second-order valence-corrected chi connectivity index (χ2v) is 5.95. The number of hydrogen-bond donors (Lipinski definition) is 2. The van der Waals surface area contributed by atoms with Crippen LogP contribution >= 0.6 is 0 Å². The lowest BCUT2D eigenvalue weighted by Gasteiger charge is -2.10. The van der Waals surface area contributed by atoms with Crippen LogP contribution in [-0.4, -0.2) is 12.6 Å². The number of nitrogens with two attached hydrogens (primary N) is 1. The molecule has 1 unspecified atom stereocenters. The number of fused-ring (bicyclic) bond motifs is 1. The second kappa shape index (κ2) is 7.19. The zero-order valence-electron chi connectivity index (χ0n) is 14.1. The van der Waals surface area contributed by atoms with Crippen molar-refractivity contribution in [2.75, 3.05) is 11.9 Å². The Balaban J connectivity index is 1.46. The largest absolute Gasteiger partial charge is 0.491 e. The maximum absolute atomic E-state index is 6.09. The van der Waals surface area contributed by atoms with Crippen LogP contribution in [0.4, 0.5) is 5.69 Å². The van der Waals surface area contributed by atoms with Crippen molar-refractivity contribution in [2.24, 2.45) is 10.7 Å². The quantitative estimate of drug-likeness (QED) is 0.545. The topological polar surface area (TPSA) is 68.9 Å². The van der Waals surface area contributed by atoms with Crippen LogP contribution in [0.5, 0.6) is 17.2 Å². The van der Waals surface area contributed by atoms with E-state index >= 15 is 0 Å². The lowest BCUT2D eigenvalue weighted by molar-refractivity contribution is 0.334. The highest BCUT2D eigenvalue weighted by atomic mass is 16.5. The number of aliphatic imine (C=N–C) groups is 1. The van der Waals surface area contributed by atoms with E-state index in [9.17, 15) is 0 Å². The van der Waals surface area contributed by atoms with Crippen molar-refractivity contribution in [3.8, 4) is 17.2 Å². The maximum atomic E-state index is 6.09. The molecule has 0 fully saturated rings. The Kier molecular flexibility index (Phi) is 4.43. The first kappa shape index (κ1) is 16.0. The molecule has 0 aliphatic carbocycles. The molecule has 5 nitrogen and oxygen atoms in total. The third-order valence-electron chi connectivity index (χ3n) is 4.05. The molecule has 0 amide bonds. The molecular formula is C21H19N3O2. The molecule has 3 N–H and O–H groups in total. The minimum atomic E-state index is -0.0950. The van der Waals surface area contributed by atoms with Gasteiger partial charge in [-0.1, -0.05) is 42.5 Å². The average molecular weight is 345 g/mol. The molecule has 1 heterocycles. The Labute approximate surface area is 152 Å².